The molecular weight excluding hydrogens is 269 g/mol. The molecule has 0 aliphatic rings. The van der Waals surface area contributed by atoms with E-state index in [0.29, 0.717) is 19.6 Å². The van der Waals surface area contributed by atoms with Crippen molar-refractivity contribution in [2.45, 2.75) is 32.9 Å². The normalized spacial score (nSPS) is 12.4. The lowest BCUT2D eigenvalue weighted by molar-refractivity contribution is 0.190. The Morgan fingerprint density at radius 2 is 2.14 bits per heavy atom. The van der Waals surface area contributed by atoms with Crippen LogP contribution in [0.1, 0.15) is 18.2 Å². The number of hydrogen-bond acceptors (Lipinski definition) is 3. The van der Waals surface area contributed by atoms with E-state index in [1.807, 2.05) is 36.7 Å². The van der Waals surface area contributed by atoms with Crippen molar-refractivity contribution in [2.24, 2.45) is 0 Å². The third-order valence-electron chi connectivity index (χ3n) is 3.27. The first-order valence-electron chi connectivity index (χ1n) is 7.13. The number of nitrogens with one attached hydrogen (secondary N) is 1. The molecule has 1 atom stereocenters. The van der Waals surface area contributed by atoms with Crippen LogP contribution < -0.4 is 5.32 Å². The van der Waals surface area contributed by atoms with Crippen LogP contribution in [0.4, 0.5) is 10.3 Å². The van der Waals surface area contributed by atoms with Crippen molar-refractivity contribution in [2.75, 3.05) is 19.0 Å². The van der Waals surface area contributed by atoms with Gasteiger partial charge in [-0.25, -0.2) is 9.37 Å². The number of benzene rings is 1. The highest BCUT2D eigenvalue weighted by Gasteiger charge is 2.10. The van der Waals surface area contributed by atoms with Crippen molar-refractivity contribution in [1.29, 1.82) is 0 Å². The molecule has 1 aromatic heterocycles. The first-order chi connectivity index (χ1) is 10.1. The van der Waals surface area contributed by atoms with Crippen LogP contribution in [0.25, 0.3) is 0 Å². The number of aryl methyl sites for hydroxylation is 3. The number of anilines is 1. The molecule has 0 fully saturated rings. The van der Waals surface area contributed by atoms with E-state index in [4.69, 9.17) is 4.74 Å². The number of halogens is 1. The van der Waals surface area contributed by atoms with Crippen LogP contribution in [0.3, 0.4) is 0 Å². The summed E-state index contributed by atoms with van der Waals surface area (Å²) in [6.45, 7) is 5.28. The zero-order chi connectivity index (χ0) is 15.2. The molecule has 0 saturated carbocycles. The van der Waals surface area contributed by atoms with Crippen LogP contribution in [0.2, 0.25) is 0 Å². The second-order valence-corrected chi connectivity index (χ2v) is 5.24. The predicted molar refractivity (Wildman–Crippen MR) is 82.0 cm³/mol. The van der Waals surface area contributed by atoms with Gasteiger partial charge in [0.25, 0.3) is 0 Å². The Balaban J connectivity index is 2.04. The van der Waals surface area contributed by atoms with Gasteiger partial charge in [0.2, 0.25) is 5.95 Å². The van der Waals surface area contributed by atoms with Gasteiger partial charge in [-0.05, 0) is 31.9 Å². The van der Waals surface area contributed by atoms with E-state index in [0.717, 1.165) is 17.2 Å². The summed E-state index contributed by atoms with van der Waals surface area (Å²) in [7, 11) is 1.67. The minimum atomic E-state index is -0.156. The average Bonchev–Trinajstić information content (AvgIpc) is 2.78. The van der Waals surface area contributed by atoms with Crippen LogP contribution in [-0.2, 0) is 17.7 Å². The molecule has 0 amide bonds. The van der Waals surface area contributed by atoms with Crippen LogP contribution in [-0.4, -0.2) is 29.3 Å². The molecular formula is C16H22FN3O. The third kappa shape index (κ3) is 4.29. The van der Waals surface area contributed by atoms with Crippen LogP contribution in [0, 0.1) is 12.7 Å². The monoisotopic (exact) mass is 291 g/mol. The fourth-order valence-corrected chi connectivity index (χ4v) is 2.29. The quantitative estimate of drug-likeness (QED) is 0.852. The summed E-state index contributed by atoms with van der Waals surface area (Å²) in [5.41, 5.74) is 1.66. The molecule has 114 valence electrons. The summed E-state index contributed by atoms with van der Waals surface area (Å²) in [5.74, 6) is 0.644. The minimum absolute atomic E-state index is 0.156. The van der Waals surface area contributed by atoms with Gasteiger partial charge in [-0.3, -0.25) is 0 Å². The van der Waals surface area contributed by atoms with Crippen LogP contribution >= 0.6 is 0 Å². The van der Waals surface area contributed by atoms with Crippen molar-refractivity contribution >= 4 is 5.95 Å². The van der Waals surface area contributed by atoms with Crippen molar-refractivity contribution in [3.05, 3.63) is 47.5 Å². The first-order valence-corrected chi connectivity index (χ1v) is 7.13. The zero-order valence-corrected chi connectivity index (χ0v) is 12.8. The highest BCUT2D eigenvalue weighted by atomic mass is 19.1. The summed E-state index contributed by atoms with van der Waals surface area (Å²) in [6, 6.07) is 7.05. The summed E-state index contributed by atoms with van der Waals surface area (Å²) in [5, 5.41) is 3.32. The number of imidazole rings is 1. The van der Waals surface area contributed by atoms with Gasteiger partial charge in [-0.15, -0.1) is 0 Å². The zero-order valence-electron chi connectivity index (χ0n) is 12.8. The Kier molecular flexibility index (Phi) is 5.33. The Morgan fingerprint density at radius 3 is 2.86 bits per heavy atom. The summed E-state index contributed by atoms with van der Waals surface area (Å²) < 4.78 is 20.8. The summed E-state index contributed by atoms with van der Waals surface area (Å²) in [4.78, 5) is 4.47. The van der Waals surface area contributed by atoms with Gasteiger partial charge in [0.15, 0.2) is 0 Å². The molecule has 2 aromatic rings. The van der Waals surface area contributed by atoms with Gasteiger partial charge in [-0.1, -0.05) is 18.2 Å². The second kappa shape index (κ2) is 7.22. The van der Waals surface area contributed by atoms with E-state index in [9.17, 15) is 4.39 Å². The van der Waals surface area contributed by atoms with Gasteiger partial charge < -0.3 is 14.6 Å². The molecule has 0 bridgehead atoms. The first kappa shape index (κ1) is 15.5. The maximum absolute atomic E-state index is 13.7. The number of hydrogen-bond donors (Lipinski definition) is 1. The predicted octanol–water partition coefficient (Wildman–Crippen LogP) is 3.02. The molecule has 1 N–H and O–H groups in total. The summed E-state index contributed by atoms with van der Waals surface area (Å²) >= 11 is 0. The van der Waals surface area contributed by atoms with Crippen LogP contribution in [0.5, 0.6) is 0 Å². The molecule has 1 unspecified atom stereocenters. The Hall–Kier alpha value is -1.88. The number of rotatable bonds is 7. The topological polar surface area (TPSA) is 39.1 Å². The van der Waals surface area contributed by atoms with Gasteiger partial charge >= 0.3 is 0 Å². The fraction of sp³-hybridized carbons (Fsp3) is 0.438. The molecule has 21 heavy (non-hydrogen) atoms. The van der Waals surface area contributed by atoms with Crippen LogP contribution in [0.15, 0.2) is 30.5 Å². The number of methoxy groups -OCH3 is 1. The van der Waals surface area contributed by atoms with Gasteiger partial charge in [0, 0.05) is 25.9 Å². The fourth-order valence-electron chi connectivity index (χ4n) is 2.29. The lowest BCUT2D eigenvalue weighted by Crippen LogP contribution is -2.23. The van der Waals surface area contributed by atoms with E-state index < -0.39 is 0 Å². The minimum Gasteiger partial charge on any atom is -0.383 e. The Labute approximate surface area is 125 Å². The van der Waals surface area contributed by atoms with Gasteiger partial charge in [-0.2, -0.15) is 0 Å². The van der Waals surface area contributed by atoms with E-state index in [1.165, 1.54) is 6.07 Å². The van der Waals surface area contributed by atoms with Crippen molar-refractivity contribution in [3.8, 4) is 0 Å². The molecule has 0 spiro atoms. The number of nitrogens with zero attached hydrogens (tertiary/aromatic N) is 2. The standard InChI is InChI=1S/C16H22FN3O/c1-12-10-20(16(18-12)19-13(2)11-21-3)9-8-14-6-4-5-7-15(14)17/h4-7,10,13H,8-9,11H2,1-3H3,(H,18,19). The number of ether oxygens (including phenoxy) is 1. The van der Waals surface area contributed by atoms with Gasteiger partial charge in [0.1, 0.15) is 5.82 Å². The lowest BCUT2D eigenvalue weighted by Gasteiger charge is -2.15. The van der Waals surface area contributed by atoms with E-state index in [-0.39, 0.29) is 11.9 Å². The highest BCUT2D eigenvalue weighted by molar-refractivity contribution is 5.30. The molecule has 1 heterocycles. The molecule has 0 aliphatic heterocycles. The maximum atomic E-state index is 13.7. The van der Waals surface area contributed by atoms with E-state index >= 15 is 0 Å². The Morgan fingerprint density at radius 1 is 1.38 bits per heavy atom. The third-order valence-corrected chi connectivity index (χ3v) is 3.27. The second-order valence-electron chi connectivity index (χ2n) is 5.24. The van der Waals surface area contributed by atoms with E-state index in [2.05, 4.69) is 10.3 Å². The molecule has 1 aromatic carbocycles. The lowest BCUT2D eigenvalue weighted by atomic mass is 10.1. The smallest absolute Gasteiger partial charge is 0.203 e. The largest absolute Gasteiger partial charge is 0.383 e. The molecule has 0 radical (unpaired) electrons. The van der Waals surface area contributed by atoms with Gasteiger partial charge in [0.05, 0.1) is 12.3 Å². The van der Waals surface area contributed by atoms with Crippen molar-refractivity contribution < 1.29 is 9.13 Å². The highest BCUT2D eigenvalue weighted by Crippen LogP contribution is 2.13. The number of aromatic nitrogens is 2. The average molecular weight is 291 g/mol. The molecule has 4 nitrogen and oxygen atoms in total. The SMILES string of the molecule is COCC(C)Nc1nc(C)cn1CCc1ccccc1F. The maximum Gasteiger partial charge on any atom is 0.203 e. The van der Waals surface area contributed by atoms with Crippen molar-refractivity contribution in [1.82, 2.24) is 9.55 Å². The Bertz CT molecular complexity index is 583. The molecule has 2 rings (SSSR count). The summed E-state index contributed by atoms with van der Waals surface area (Å²) in [6.07, 6.45) is 2.61. The van der Waals surface area contributed by atoms with Crippen molar-refractivity contribution in [3.63, 3.8) is 0 Å². The molecule has 0 aliphatic carbocycles. The molecule has 0 saturated heterocycles. The molecule has 5 heteroatoms. The van der Waals surface area contributed by atoms with E-state index in [1.54, 1.807) is 13.2 Å².